The van der Waals surface area contributed by atoms with Gasteiger partial charge in [-0.25, -0.2) is 4.79 Å². The van der Waals surface area contributed by atoms with E-state index in [1.807, 2.05) is 34.6 Å². The molecule has 0 saturated carbocycles. The Hall–Kier alpha value is -2.91. The number of carbonyl (C=O) groups is 3. The van der Waals surface area contributed by atoms with Crippen molar-refractivity contribution in [2.75, 3.05) is 27.7 Å². The van der Waals surface area contributed by atoms with Gasteiger partial charge in [0.15, 0.2) is 0 Å². The predicted octanol–water partition coefficient (Wildman–Crippen LogP) is 3.45. The maximum Gasteiger partial charge on any atom is 0.331 e. The summed E-state index contributed by atoms with van der Waals surface area (Å²) in [5.74, 6) is -1.61. The van der Waals surface area contributed by atoms with Crippen molar-refractivity contribution < 1.29 is 19.5 Å². The molecule has 0 aromatic rings. The van der Waals surface area contributed by atoms with Crippen LogP contribution in [0.25, 0.3) is 0 Å². The number of fused-ring (bicyclic) bond motifs is 1. The van der Waals surface area contributed by atoms with Crippen LogP contribution >= 0.6 is 0 Å². The third-order valence-electron chi connectivity index (χ3n) is 8.90. The molecule has 9 heteroatoms. The average molecular weight is 572 g/mol. The summed E-state index contributed by atoms with van der Waals surface area (Å²) in [6, 6.07) is -1.93. The summed E-state index contributed by atoms with van der Waals surface area (Å²) in [7, 11) is 5.49. The molecule has 0 bridgehead atoms. The van der Waals surface area contributed by atoms with Gasteiger partial charge in [0.1, 0.15) is 6.04 Å². The lowest BCUT2D eigenvalue weighted by Crippen LogP contribution is -2.61. The number of carboxylic acids is 1. The van der Waals surface area contributed by atoms with Crippen LogP contribution in [-0.2, 0) is 14.4 Å². The Bertz CT molecular complexity index is 1160. The monoisotopic (exact) mass is 571 g/mol. The number of likely N-dealkylation sites (N-methyl/N-ethyl adjacent to an activating group) is 3. The SMILES string of the molecule is CNC(C(=O)N[C@H](C(=O)N(C)[C@H](/C=C(\C)C(=O)O)C(C)C)C(C)(C)C)C(C)(C)C1=CN(C)C2(C)CC=C(CN)C=C12. The van der Waals surface area contributed by atoms with Crippen LogP contribution < -0.4 is 16.4 Å². The van der Waals surface area contributed by atoms with Crippen LogP contribution in [0.3, 0.4) is 0 Å². The van der Waals surface area contributed by atoms with E-state index in [0.717, 1.165) is 23.1 Å². The molecule has 2 aliphatic rings. The van der Waals surface area contributed by atoms with Gasteiger partial charge in [-0.15, -0.1) is 0 Å². The highest BCUT2D eigenvalue weighted by Crippen LogP contribution is 2.49. The van der Waals surface area contributed by atoms with Gasteiger partial charge in [-0.1, -0.05) is 66.7 Å². The molecule has 0 aromatic carbocycles. The summed E-state index contributed by atoms with van der Waals surface area (Å²) < 4.78 is 0. The van der Waals surface area contributed by atoms with E-state index < -0.39 is 34.9 Å². The fourth-order valence-electron chi connectivity index (χ4n) is 5.88. The van der Waals surface area contributed by atoms with Gasteiger partial charge in [-0.3, -0.25) is 9.59 Å². The number of rotatable bonds is 11. The number of hydrogen-bond acceptors (Lipinski definition) is 6. The zero-order valence-corrected chi connectivity index (χ0v) is 27.2. The van der Waals surface area contributed by atoms with Crippen LogP contribution in [0.1, 0.15) is 68.7 Å². The molecule has 0 aromatic heterocycles. The highest BCUT2D eigenvalue weighted by atomic mass is 16.4. The van der Waals surface area contributed by atoms with Crippen molar-refractivity contribution in [3.8, 4) is 0 Å². The van der Waals surface area contributed by atoms with Gasteiger partial charge in [-0.2, -0.15) is 0 Å². The lowest BCUT2D eigenvalue weighted by atomic mass is 9.69. The Morgan fingerprint density at radius 2 is 1.78 bits per heavy atom. The van der Waals surface area contributed by atoms with Crippen LogP contribution in [-0.4, -0.2) is 84.0 Å². The van der Waals surface area contributed by atoms with Crippen LogP contribution in [0.15, 0.2) is 46.7 Å². The third-order valence-corrected chi connectivity index (χ3v) is 8.90. The number of nitrogens with zero attached hydrogens (tertiary/aromatic N) is 2. The minimum atomic E-state index is -1.03. The number of carboxylic acid groups (broad SMARTS) is 1. The fourth-order valence-corrected chi connectivity index (χ4v) is 5.88. The molecule has 9 nitrogen and oxygen atoms in total. The molecule has 2 amide bonds. The molecule has 1 aliphatic heterocycles. The highest BCUT2D eigenvalue weighted by Gasteiger charge is 2.49. The van der Waals surface area contributed by atoms with Crippen molar-refractivity contribution in [1.29, 1.82) is 0 Å². The lowest BCUT2D eigenvalue weighted by molar-refractivity contribution is -0.141. The average Bonchev–Trinajstić information content (AvgIpc) is 3.14. The van der Waals surface area contributed by atoms with Crippen molar-refractivity contribution >= 4 is 17.8 Å². The molecule has 2 unspecified atom stereocenters. The molecule has 0 fully saturated rings. The lowest BCUT2D eigenvalue weighted by Gasteiger charge is -2.41. The number of amides is 2. The summed E-state index contributed by atoms with van der Waals surface area (Å²) in [6.07, 6.45) is 8.89. The molecule has 2 rings (SSSR count). The van der Waals surface area contributed by atoms with E-state index in [1.54, 1.807) is 25.1 Å². The predicted molar refractivity (Wildman–Crippen MR) is 165 cm³/mol. The zero-order chi connectivity index (χ0) is 31.7. The number of nitrogens with two attached hydrogens (primary N) is 1. The minimum absolute atomic E-state index is 0.0320. The topological polar surface area (TPSA) is 128 Å². The molecule has 0 spiro atoms. The smallest absolute Gasteiger partial charge is 0.331 e. The van der Waals surface area contributed by atoms with E-state index >= 15 is 0 Å². The molecule has 41 heavy (non-hydrogen) atoms. The standard InChI is InChI=1S/C32H53N5O4/c1-19(2)24(15-20(3)29(40)41)37(12)28(39)26(30(4,5)6)35-27(38)25(34-10)31(7,8)23-18-36(11)32(9)14-13-21(17-33)16-22(23)32/h13,15-16,18-19,24-26,34H,14,17,33H2,1-12H3,(H,35,38)(H,40,41)/b20-15+/t24-,25?,26-,32?/m1/s1. The van der Waals surface area contributed by atoms with Gasteiger partial charge in [0.05, 0.1) is 17.6 Å². The fraction of sp³-hybridized carbons (Fsp3) is 0.656. The second-order valence-corrected chi connectivity index (χ2v) is 13.8. The molecule has 230 valence electrons. The van der Waals surface area contributed by atoms with Crippen LogP contribution in [0.4, 0.5) is 0 Å². The maximum atomic E-state index is 14.0. The Labute approximate surface area is 247 Å². The molecule has 1 aliphatic carbocycles. The van der Waals surface area contributed by atoms with Gasteiger partial charge in [-0.05, 0) is 55.4 Å². The molecule has 5 N–H and O–H groups in total. The van der Waals surface area contributed by atoms with E-state index in [-0.39, 0.29) is 28.8 Å². The van der Waals surface area contributed by atoms with Gasteiger partial charge < -0.3 is 31.3 Å². The van der Waals surface area contributed by atoms with E-state index in [1.165, 1.54) is 6.92 Å². The van der Waals surface area contributed by atoms with Crippen molar-refractivity contribution in [1.82, 2.24) is 20.4 Å². The first kappa shape index (κ1) is 34.3. The van der Waals surface area contributed by atoms with Crippen LogP contribution in [0.2, 0.25) is 0 Å². The summed E-state index contributed by atoms with van der Waals surface area (Å²) in [5.41, 5.74) is 7.99. The summed E-state index contributed by atoms with van der Waals surface area (Å²) in [5, 5.41) is 15.7. The molecular formula is C32H53N5O4. The number of carbonyl (C=O) groups excluding carboxylic acids is 2. The number of aliphatic carboxylic acids is 1. The highest BCUT2D eigenvalue weighted by molar-refractivity contribution is 5.91. The van der Waals surface area contributed by atoms with Crippen molar-refractivity contribution in [3.05, 3.63) is 46.7 Å². The Morgan fingerprint density at radius 3 is 2.24 bits per heavy atom. The first-order valence-electron chi connectivity index (χ1n) is 14.5. The minimum Gasteiger partial charge on any atom is -0.478 e. The van der Waals surface area contributed by atoms with Crippen LogP contribution in [0.5, 0.6) is 0 Å². The summed E-state index contributed by atoms with van der Waals surface area (Å²) >= 11 is 0. The van der Waals surface area contributed by atoms with Gasteiger partial charge >= 0.3 is 5.97 Å². The van der Waals surface area contributed by atoms with Gasteiger partial charge in [0.2, 0.25) is 11.8 Å². The summed E-state index contributed by atoms with van der Waals surface area (Å²) in [6.45, 7) is 17.9. The van der Waals surface area contributed by atoms with Gasteiger partial charge in [0, 0.05) is 37.8 Å². The Balaban J connectivity index is 2.44. The quantitative estimate of drug-likeness (QED) is 0.280. The van der Waals surface area contributed by atoms with E-state index in [9.17, 15) is 19.5 Å². The van der Waals surface area contributed by atoms with Gasteiger partial charge in [0.25, 0.3) is 0 Å². The Kier molecular flexibility index (Phi) is 10.5. The molecule has 0 radical (unpaired) electrons. The first-order valence-corrected chi connectivity index (χ1v) is 14.5. The Morgan fingerprint density at radius 1 is 1.20 bits per heavy atom. The van der Waals surface area contributed by atoms with Crippen molar-refractivity contribution in [2.45, 2.75) is 92.4 Å². The van der Waals surface area contributed by atoms with Crippen LogP contribution in [0, 0.1) is 16.7 Å². The normalized spacial score (nSPS) is 21.9. The second kappa shape index (κ2) is 12.5. The summed E-state index contributed by atoms with van der Waals surface area (Å²) in [4.78, 5) is 43.3. The number of nitrogens with one attached hydrogen (secondary N) is 2. The van der Waals surface area contributed by atoms with Crippen molar-refractivity contribution in [3.63, 3.8) is 0 Å². The third kappa shape index (κ3) is 6.95. The van der Waals surface area contributed by atoms with E-state index in [4.69, 9.17) is 5.73 Å². The largest absolute Gasteiger partial charge is 0.478 e. The molecule has 0 saturated heterocycles. The van der Waals surface area contributed by atoms with E-state index in [2.05, 4.69) is 61.7 Å². The molecule has 4 atom stereocenters. The molecule has 1 heterocycles. The zero-order valence-electron chi connectivity index (χ0n) is 27.2. The second-order valence-electron chi connectivity index (χ2n) is 13.8. The van der Waals surface area contributed by atoms with Crippen molar-refractivity contribution in [2.24, 2.45) is 22.5 Å². The number of hydrogen-bond donors (Lipinski definition) is 4. The maximum absolute atomic E-state index is 14.0. The first-order chi connectivity index (χ1) is 18.7. The van der Waals surface area contributed by atoms with E-state index in [0.29, 0.717) is 6.54 Å². The molecular weight excluding hydrogens is 518 g/mol.